The van der Waals surface area contributed by atoms with Crippen molar-refractivity contribution >= 4 is 27.4 Å². The Balaban J connectivity index is 1.72. The molecule has 172 valence electrons. The van der Waals surface area contributed by atoms with Crippen LogP contribution in [0.1, 0.15) is 18.1 Å². The molecule has 0 bridgehead atoms. The minimum Gasteiger partial charge on any atom is -0.502 e. The first-order valence-corrected chi connectivity index (χ1v) is 11.1. The number of para-hydroxylation sites is 1. The SMILES string of the molecule is CCOc1ccccc1-c1sc2c(N=NCc3cc(OC)c(O)c(OC)c3)ncnc2c1C#N. The minimum atomic E-state index is -0.0781. The van der Waals surface area contributed by atoms with Gasteiger partial charge in [0.05, 0.1) is 37.8 Å². The van der Waals surface area contributed by atoms with Gasteiger partial charge < -0.3 is 19.3 Å². The van der Waals surface area contributed by atoms with E-state index in [0.717, 1.165) is 16.0 Å². The summed E-state index contributed by atoms with van der Waals surface area (Å²) >= 11 is 1.37. The normalized spacial score (nSPS) is 11.0. The van der Waals surface area contributed by atoms with Gasteiger partial charge in [0.25, 0.3) is 0 Å². The van der Waals surface area contributed by atoms with Gasteiger partial charge in [-0.1, -0.05) is 12.1 Å². The number of phenolic OH excluding ortho intramolecular Hbond substituents is 1. The maximum Gasteiger partial charge on any atom is 0.200 e. The smallest absolute Gasteiger partial charge is 0.200 e. The Bertz CT molecular complexity index is 1390. The van der Waals surface area contributed by atoms with Gasteiger partial charge in [0.2, 0.25) is 5.75 Å². The van der Waals surface area contributed by atoms with E-state index in [9.17, 15) is 10.4 Å². The van der Waals surface area contributed by atoms with Crippen LogP contribution in [0.5, 0.6) is 23.0 Å². The van der Waals surface area contributed by atoms with Crippen LogP contribution in [0.4, 0.5) is 5.82 Å². The third kappa shape index (κ3) is 4.33. The van der Waals surface area contributed by atoms with Crippen molar-refractivity contribution in [2.75, 3.05) is 20.8 Å². The van der Waals surface area contributed by atoms with Crippen LogP contribution in [-0.4, -0.2) is 35.9 Å². The van der Waals surface area contributed by atoms with E-state index in [1.807, 2.05) is 31.2 Å². The largest absolute Gasteiger partial charge is 0.502 e. The molecule has 0 saturated carbocycles. The number of hydrogen-bond donors (Lipinski definition) is 1. The number of fused-ring (bicyclic) bond motifs is 1. The first-order chi connectivity index (χ1) is 16.6. The van der Waals surface area contributed by atoms with E-state index in [1.54, 1.807) is 12.1 Å². The first-order valence-electron chi connectivity index (χ1n) is 10.3. The van der Waals surface area contributed by atoms with Gasteiger partial charge in [0.1, 0.15) is 28.4 Å². The molecule has 34 heavy (non-hydrogen) atoms. The molecule has 0 aliphatic rings. The van der Waals surface area contributed by atoms with Crippen LogP contribution < -0.4 is 14.2 Å². The van der Waals surface area contributed by atoms with Gasteiger partial charge in [-0.15, -0.1) is 16.5 Å². The molecule has 0 fully saturated rings. The summed E-state index contributed by atoms with van der Waals surface area (Å²) in [6, 6.07) is 13.2. The Labute approximate surface area is 199 Å². The summed E-state index contributed by atoms with van der Waals surface area (Å²) in [6.07, 6.45) is 1.37. The van der Waals surface area contributed by atoms with Crippen LogP contribution in [-0.2, 0) is 6.54 Å². The predicted molar refractivity (Wildman–Crippen MR) is 128 cm³/mol. The maximum atomic E-state index is 10.1. The van der Waals surface area contributed by atoms with Gasteiger partial charge in [-0.2, -0.15) is 10.4 Å². The van der Waals surface area contributed by atoms with E-state index < -0.39 is 0 Å². The van der Waals surface area contributed by atoms with Gasteiger partial charge in [-0.25, -0.2) is 9.97 Å². The van der Waals surface area contributed by atoms with E-state index in [1.165, 1.54) is 31.9 Å². The number of thiophene rings is 1. The molecular formula is C24H21N5O4S. The quantitative estimate of drug-likeness (QED) is 0.327. The molecular weight excluding hydrogens is 454 g/mol. The van der Waals surface area contributed by atoms with Crippen molar-refractivity contribution in [1.82, 2.24) is 9.97 Å². The number of hydrogen-bond acceptors (Lipinski definition) is 10. The summed E-state index contributed by atoms with van der Waals surface area (Å²) in [5, 5.41) is 28.5. The van der Waals surface area contributed by atoms with Crippen molar-refractivity contribution in [2.24, 2.45) is 10.2 Å². The lowest BCUT2D eigenvalue weighted by atomic mass is 10.1. The Morgan fingerprint density at radius 1 is 1.09 bits per heavy atom. The third-order valence-corrected chi connectivity index (χ3v) is 6.16. The van der Waals surface area contributed by atoms with E-state index in [0.29, 0.717) is 34.0 Å². The number of azo groups is 1. The lowest BCUT2D eigenvalue weighted by Crippen LogP contribution is -1.93. The van der Waals surface area contributed by atoms with Crippen LogP contribution in [0.15, 0.2) is 53.0 Å². The number of nitriles is 1. The average molecular weight is 476 g/mol. The number of methoxy groups -OCH3 is 2. The molecule has 0 unspecified atom stereocenters. The number of rotatable bonds is 8. The molecule has 4 aromatic rings. The zero-order valence-electron chi connectivity index (χ0n) is 18.8. The Morgan fingerprint density at radius 2 is 1.82 bits per heavy atom. The fraction of sp³-hybridized carbons (Fsp3) is 0.208. The highest BCUT2D eigenvalue weighted by atomic mass is 32.1. The van der Waals surface area contributed by atoms with Crippen LogP contribution >= 0.6 is 11.3 Å². The van der Waals surface area contributed by atoms with Gasteiger partial charge in [0, 0.05) is 5.56 Å². The highest BCUT2D eigenvalue weighted by Crippen LogP contribution is 2.44. The summed E-state index contributed by atoms with van der Waals surface area (Å²) < 4.78 is 16.8. The molecule has 10 heteroatoms. The maximum absolute atomic E-state index is 10.1. The summed E-state index contributed by atoms with van der Waals surface area (Å²) in [5.74, 6) is 1.54. The second-order valence-electron chi connectivity index (χ2n) is 6.97. The molecule has 0 atom stereocenters. The van der Waals surface area contributed by atoms with Gasteiger partial charge in [-0.3, -0.25) is 0 Å². The van der Waals surface area contributed by atoms with Crippen molar-refractivity contribution in [3.05, 3.63) is 53.9 Å². The average Bonchev–Trinajstić information content (AvgIpc) is 3.24. The van der Waals surface area contributed by atoms with Crippen LogP contribution in [0.2, 0.25) is 0 Å². The molecule has 2 heterocycles. The summed E-state index contributed by atoms with van der Waals surface area (Å²) in [4.78, 5) is 9.34. The minimum absolute atomic E-state index is 0.0781. The lowest BCUT2D eigenvalue weighted by Gasteiger charge is -2.09. The van der Waals surface area contributed by atoms with Crippen molar-refractivity contribution in [3.63, 3.8) is 0 Å². The van der Waals surface area contributed by atoms with E-state index >= 15 is 0 Å². The van der Waals surface area contributed by atoms with E-state index in [-0.39, 0.29) is 23.8 Å². The lowest BCUT2D eigenvalue weighted by molar-refractivity contribution is 0.339. The number of aromatic nitrogens is 2. The number of ether oxygens (including phenoxy) is 3. The van der Waals surface area contributed by atoms with Crippen molar-refractivity contribution in [2.45, 2.75) is 13.5 Å². The zero-order chi connectivity index (χ0) is 24.1. The molecule has 2 aromatic carbocycles. The van der Waals surface area contributed by atoms with E-state index in [2.05, 4.69) is 26.3 Å². The third-order valence-electron chi connectivity index (χ3n) is 4.95. The van der Waals surface area contributed by atoms with Crippen LogP contribution in [0.25, 0.3) is 20.7 Å². The molecule has 9 nitrogen and oxygen atoms in total. The molecule has 0 saturated heterocycles. The number of benzene rings is 2. The van der Waals surface area contributed by atoms with E-state index in [4.69, 9.17) is 14.2 Å². The zero-order valence-corrected chi connectivity index (χ0v) is 19.6. The number of phenols is 1. The second-order valence-corrected chi connectivity index (χ2v) is 7.99. The Hall–Kier alpha value is -4.23. The van der Waals surface area contributed by atoms with Crippen molar-refractivity contribution < 1.29 is 19.3 Å². The van der Waals surface area contributed by atoms with Crippen LogP contribution in [0.3, 0.4) is 0 Å². The Kier molecular flexibility index (Phi) is 6.85. The van der Waals surface area contributed by atoms with Gasteiger partial charge in [-0.05, 0) is 36.8 Å². The first kappa shape index (κ1) is 22.9. The Morgan fingerprint density at radius 3 is 2.50 bits per heavy atom. The summed E-state index contributed by atoms with van der Waals surface area (Å²) in [6.45, 7) is 2.63. The molecule has 0 aliphatic carbocycles. The molecule has 2 aromatic heterocycles. The fourth-order valence-electron chi connectivity index (χ4n) is 3.42. The standard InChI is InChI=1S/C24H21N5O4S/c1-4-33-17-8-6-5-7-15(17)22-16(11-25)20-23(34-22)24(27-13-26-20)29-28-12-14-9-18(31-2)21(30)19(10-14)32-3/h5-10,13,30H,4,12H2,1-3H3. The monoisotopic (exact) mass is 475 g/mol. The number of aromatic hydroxyl groups is 1. The topological polar surface area (TPSA) is 122 Å². The predicted octanol–water partition coefficient (Wildman–Crippen LogP) is 5.64. The van der Waals surface area contributed by atoms with Gasteiger partial charge in [0.15, 0.2) is 17.3 Å². The van der Waals surface area contributed by atoms with Crippen molar-refractivity contribution in [1.29, 1.82) is 5.26 Å². The summed E-state index contributed by atoms with van der Waals surface area (Å²) in [5.41, 5.74) is 2.51. The molecule has 0 amide bonds. The molecule has 1 N–H and O–H groups in total. The van der Waals surface area contributed by atoms with Gasteiger partial charge >= 0.3 is 0 Å². The summed E-state index contributed by atoms with van der Waals surface area (Å²) in [7, 11) is 2.92. The highest BCUT2D eigenvalue weighted by molar-refractivity contribution is 7.23. The molecule has 0 aliphatic heterocycles. The second kappa shape index (κ2) is 10.1. The molecule has 0 radical (unpaired) electrons. The fourth-order valence-corrected chi connectivity index (χ4v) is 4.58. The highest BCUT2D eigenvalue weighted by Gasteiger charge is 2.20. The molecule has 4 rings (SSSR count). The molecule has 0 spiro atoms. The van der Waals surface area contributed by atoms with Crippen molar-refractivity contribution in [3.8, 4) is 39.5 Å². The number of nitrogens with zero attached hydrogens (tertiary/aromatic N) is 5. The van der Waals surface area contributed by atoms with Crippen LogP contribution in [0, 0.1) is 11.3 Å².